The molecule has 5 heteroatoms. The predicted octanol–water partition coefficient (Wildman–Crippen LogP) is 3.28. The van der Waals surface area contributed by atoms with Gasteiger partial charge >= 0.3 is 0 Å². The Morgan fingerprint density at radius 3 is 2.26 bits per heavy atom. The summed E-state index contributed by atoms with van der Waals surface area (Å²) in [6.07, 6.45) is 0.356. The van der Waals surface area contributed by atoms with Gasteiger partial charge in [0, 0.05) is 33.4 Å². The number of benzene rings is 2. The number of aliphatic hydroxyl groups excluding tert-OH is 1. The van der Waals surface area contributed by atoms with Gasteiger partial charge in [-0.25, -0.2) is 0 Å². The second-order valence-electron chi connectivity index (χ2n) is 6.71. The van der Waals surface area contributed by atoms with Crippen LogP contribution in [0.25, 0.3) is 0 Å². The minimum absolute atomic E-state index is 0.251. The van der Waals surface area contributed by atoms with Crippen LogP contribution >= 0.6 is 0 Å². The fraction of sp³-hybridized carbons (Fsp3) is 0.455. The van der Waals surface area contributed by atoms with Gasteiger partial charge in [-0.2, -0.15) is 0 Å². The number of methoxy groups -OCH3 is 2. The monoisotopic (exact) mass is 373 g/mol. The second-order valence-corrected chi connectivity index (χ2v) is 6.71. The van der Waals surface area contributed by atoms with Gasteiger partial charge in [-0.15, -0.1) is 0 Å². The number of aryl methyl sites for hydroxylation is 1. The van der Waals surface area contributed by atoms with E-state index in [-0.39, 0.29) is 6.61 Å². The number of aliphatic hydroxyl groups is 1. The van der Waals surface area contributed by atoms with E-state index in [4.69, 9.17) is 14.2 Å². The summed E-state index contributed by atoms with van der Waals surface area (Å²) in [7, 11) is 3.34. The molecule has 5 nitrogen and oxygen atoms in total. The number of rotatable bonds is 12. The van der Waals surface area contributed by atoms with Crippen molar-refractivity contribution in [1.82, 2.24) is 4.90 Å². The summed E-state index contributed by atoms with van der Waals surface area (Å²) >= 11 is 0. The maximum Gasteiger partial charge on any atom is 0.119 e. The van der Waals surface area contributed by atoms with Crippen LogP contribution in [0.1, 0.15) is 17.5 Å². The Morgan fingerprint density at radius 2 is 1.63 bits per heavy atom. The molecule has 0 amide bonds. The van der Waals surface area contributed by atoms with Gasteiger partial charge in [0.05, 0.1) is 7.11 Å². The highest BCUT2D eigenvalue weighted by atomic mass is 16.5. The highest BCUT2D eigenvalue weighted by molar-refractivity contribution is 5.31. The summed E-state index contributed by atoms with van der Waals surface area (Å²) in [6.45, 7) is 5.25. The Morgan fingerprint density at radius 1 is 0.963 bits per heavy atom. The lowest BCUT2D eigenvalue weighted by molar-refractivity contribution is 0.0617. The summed E-state index contributed by atoms with van der Waals surface area (Å²) in [5.41, 5.74) is 2.49. The zero-order valence-electron chi connectivity index (χ0n) is 16.6. The van der Waals surface area contributed by atoms with Gasteiger partial charge in [0.2, 0.25) is 0 Å². The van der Waals surface area contributed by atoms with Crippen molar-refractivity contribution in [3.63, 3.8) is 0 Å². The van der Waals surface area contributed by atoms with E-state index in [9.17, 15) is 5.11 Å². The third kappa shape index (κ3) is 7.99. The highest BCUT2D eigenvalue weighted by Gasteiger charge is 2.13. The molecule has 1 N–H and O–H groups in total. The zero-order chi connectivity index (χ0) is 19.5. The van der Waals surface area contributed by atoms with Gasteiger partial charge in [0.1, 0.15) is 24.2 Å². The molecule has 0 spiro atoms. The van der Waals surface area contributed by atoms with Crippen molar-refractivity contribution in [3.05, 3.63) is 59.7 Å². The first-order valence-electron chi connectivity index (χ1n) is 9.32. The molecular formula is C22H31NO4. The summed E-state index contributed by atoms with van der Waals surface area (Å²) in [5.74, 6) is 1.50. The molecule has 0 radical (unpaired) electrons. The van der Waals surface area contributed by atoms with Crippen molar-refractivity contribution in [2.24, 2.45) is 0 Å². The SMILES string of the molecule is COCCCN(Cc1ccc(C)cc1)CC(O)COc1ccc(OC)cc1. The summed E-state index contributed by atoms with van der Waals surface area (Å²) in [6, 6.07) is 15.9. The lowest BCUT2D eigenvalue weighted by Crippen LogP contribution is -2.36. The molecule has 1 atom stereocenters. The predicted molar refractivity (Wildman–Crippen MR) is 107 cm³/mol. The average Bonchev–Trinajstić information content (AvgIpc) is 2.68. The number of hydrogen-bond acceptors (Lipinski definition) is 5. The van der Waals surface area contributed by atoms with E-state index in [0.29, 0.717) is 13.2 Å². The molecule has 0 heterocycles. The molecule has 0 aliphatic carbocycles. The molecule has 27 heavy (non-hydrogen) atoms. The maximum atomic E-state index is 10.4. The van der Waals surface area contributed by atoms with Crippen LogP contribution in [0.5, 0.6) is 11.5 Å². The Kier molecular flexibility index (Phi) is 9.11. The fourth-order valence-electron chi connectivity index (χ4n) is 2.83. The molecule has 0 saturated carbocycles. The van der Waals surface area contributed by atoms with E-state index in [1.807, 2.05) is 24.3 Å². The van der Waals surface area contributed by atoms with Gasteiger partial charge in [-0.05, 0) is 43.2 Å². The van der Waals surface area contributed by atoms with Gasteiger partial charge in [0.25, 0.3) is 0 Å². The molecule has 0 aliphatic heterocycles. The van der Waals surface area contributed by atoms with Crippen LogP contribution in [0, 0.1) is 6.92 Å². The van der Waals surface area contributed by atoms with Crippen molar-refractivity contribution in [2.45, 2.75) is 26.0 Å². The number of nitrogens with zero attached hydrogens (tertiary/aromatic N) is 1. The molecule has 148 valence electrons. The second kappa shape index (κ2) is 11.6. The number of ether oxygens (including phenoxy) is 3. The van der Waals surface area contributed by atoms with Crippen LogP contribution in [0.2, 0.25) is 0 Å². The van der Waals surface area contributed by atoms with Crippen LogP contribution in [-0.4, -0.2) is 56.6 Å². The Hall–Kier alpha value is -2.08. The number of hydrogen-bond donors (Lipinski definition) is 1. The van der Waals surface area contributed by atoms with Crippen LogP contribution in [-0.2, 0) is 11.3 Å². The smallest absolute Gasteiger partial charge is 0.119 e. The topological polar surface area (TPSA) is 51.2 Å². The van der Waals surface area contributed by atoms with Gasteiger partial charge in [-0.3, -0.25) is 4.90 Å². The molecular weight excluding hydrogens is 342 g/mol. The first-order chi connectivity index (χ1) is 13.1. The molecule has 0 aromatic heterocycles. The third-order valence-corrected chi connectivity index (χ3v) is 4.32. The van der Waals surface area contributed by atoms with Crippen LogP contribution in [0.15, 0.2) is 48.5 Å². The third-order valence-electron chi connectivity index (χ3n) is 4.32. The van der Waals surface area contributed by atoms with Gasteiger partial charge in [-0.1, -0.05) is 29.8 Å². The van der Waals surface area contributed by atoms with E-state index in [1.165, 1.54) is 11.1 Å². The van der Waals surface area contributed by atoms with E-state index in [2.05, 4.69) is 36.1 Å². The van der Waals surface area contributed by atoms with Gasteiger partial charge in [0.15, 0.2) is 0 Å². The summed E-state index contributed by atoms with van der Waals surface area (Å²) < 4.78 is 16.0. The first-order valence-corrected chi connectivity index (χ1v) is 9.32. The largest absolute Gasteiger partial charge is 0.497 e. The molecule has 0 bridgehead atoms. The Balaban J connectivity index is 1.86. The molecule has 2 aromatic rings. The maximum absolute atomic E-state index is 10.4. The Bertz CT molecular complexity index is 642. The molecule has 0 aliphatic rings. The quantitative estimate of drug-likeness (QED) is 0.579. The minimum Gasteiger partial charge on any atom is -0.497 e. The van der Waals surface area contributed by atoms with E-state index >= 15 is 0 Å². The molecule has 0 fully saturated rings. The highest BCUT2D eigenvalue weighted by Crippen LogP contribution is 2.17. The van der Waals surface area contributed by atoms with Crippen LogP contribution < -0.4 is 9.47 Å². The molecule has 2 aromatic carbocycles. The van der Waals surface area contributed by atoms with Gasteiger partial charge < -0.3 is 19.3 Å². The standard InChI is InChI=1S/C22H31NO4/c1-18-5-7-19(8-6-18)15-23(13-4-14-25-2)16-20(24)17-27-22-11-9-21(26-3)10-12-22/h5-12,20,24H,4,13-17H2,1-3H3. The van der Waals surface area contributed by atoms with Crippen molar-refractivity contribution in [2.75, 3.05) is 40.5 Å². The van der Waals surface area contributed by atoms with Crippen molar-refractivity contribution in [1.29, 1.82) is 0 Å². The summed E-state index contributed by atoms with van der Waals surface area (Å²) in [4.78, 5) is 2.24. The van der Waals surface area contributed by atoms with Crippen molar-refractivity contribution < 1.29 is 19.3 Å². The zero-order valence-corrected chi connectivity index (χ0v) is 16.6. The normalized spacial score (nSPS) is 12.2. The molecule has 1 unspecified atom stereocenters. The molecule has 2 rings (SSSR count). The van der Waals surface area contributed by atoms with Crippen LogP contribution in [0.4, 0.5) is 0 Å². The van der Waals surface area contributed by atoms with E-state index in [1.54, 1.807) is 14.2 Å². The average molecular weight is 373 g/mol. The minimum atomic E-state index is -0.569. The summed E-state index contributed by atoms with van der Waals surface area (Å²) in [5, 5.41) is 10.4. The lowest BCUT2D eigenvalue weighted by atomic mass is 10.1. The Labute approximate surface area is 162 Å². The molecule has 0 saturated heterocycles. The van der Waals surface area contributed by atoms with Crippen LogP contribution in [0.3, 0.4) is 0 Å². The lowest BCUT2D eigenvalue weighted by Gasteiger charge is -2.25. The first kappa shape index (κ1) is 21.2. The van der Waals surface area contributed by atoms with Crippen molar-refractivity contribution >= 4 is 0 Å². The van der Waals surface area contributed by atoms with E-state index < -0.39 is 6.10 Å². The van der Waals surface area contributed by atoms with Crippen molar-refractivity contribution in [3.8, 4) is 11.5 Å². The fourth-order valence-corrected chi connectivity index (χ4v) is 2.83. The van der Waals surface area contributed by atoms with E-state index in [0.717, 1.165) is 31.0 Å².